The van der Waals surface area contributed by atoms with Crippen LogP contribution in [0.5, 0.6) is 0 Å². The van der Waals surface area contributed by atoms with Gasteiger partial charge in [0.15, 0.2) is 0 Å². The van der Waals surface area contributed by atoms with Crippen molar-refractivity contribution in [2.45, 2.75) is 59.3 Å². The van der Waals surface area contributed by atoms with E-state index >= 15 is 0 Å². The van der Waals surface area contributed by atoms with Crippen LogP contribution in [0.15, 0.2) is 0 Å². The zero-order chi connectivity index (χ0) is 13.2. The third-order valence-electron chi connectivity index (χ3n) is 4.01. The van der Waals surface area contributed by atoms with Gasteiger partial charge in [0.1, 0.15) is 0 Å². The Balaban J connectivity index is 1.81. The average Bonchev–Trinajstić information content (AvgIpc) is 2.34. The van der Waals surface area contributed by atoms with Crippen LogP contribution in [0, 0.1) is 11.8 Å². The third kappa shape index (κ3) is 8.10. The molecule has 0 aromatic rings. The van der Waals surface area contributed by atoms with Crippen molar-refractivity contribution in [1.29, 1.82) is 0 Å². The lowest BCUT2D eigenvalue weighted by Gasteiger charge is -2.30. The molecule has 2 nitrogen and oxygen atoms in total. The van der Waals surface area contributed by atoms with Crippen LogP contribution >= 0.6 is 0 Å². The molecule has 108 valence electrons. The van der Waals surface area contributed by atoms with Crippen LogP contribution in [0.2, 0.25) is 0 Å². The highest BCUT2D eigenvalue weighted by Gasteiger charge is 2.14. The maximum Gasteiger partial charge on any atom is -0.00162 e. The van der Waals surface area contributed by atoms with E-state index in [1.807, 2.05) is 0 Å². The fraction of sp³-hybridized carbons (Fsp3) is 1.00. The van der Waals surface area contributed by atoms with Gasteiger partial charge in [0.05, 0.1) is 0 Å². The Kier molecular flexibility index (Phi) is 8.70. The highest BCUT2D eigenvalue weighted by atomic mass is 15.1. The molecule has 0 unspecified atom stereocenters. The van der Waals surface area contributed by atoms with E-state index in [0.717, 1.165) is 11.8 Å². The predicted octanol–water partition coefficient (Wildman–Crippen LogP) is 3.52. The number of rotatable bonds is 9. The lowest BCUT2D eigenvalue weighted by atomic mass is 9.99. The molecular formula is C16H34N2. The van der Waals surface area contributed by atoms with Gasteiger partial charge in [-0.05, 0) is 70.2 Å². The zero-order valence-electron chi connectivity index (χ0n) is 12.9. The molecule has 1 N–H and O–H groups in total. The van der Waals surface area contributed by atoms with Gasteiger partial charge in [-0.1, -0.05) is 33.6 Å². The second-order valence-electron chi connectivity index (χ2n) is 6.54. The Morgan fingerprint density at radius 3 is 2.39 bits per heavy atom. The SMILES string of the molecule is CC(C)CNCCCCCCN1CCC(C)CC1. The summed E-state index contributed by atoms with van der Waals surface area (Å²) in [6, 6.07) is 0. The van der Waals surface area contributed by atoms with Gasteiger partial charge in [-0.3, -0.25) is 0 Å². The molecule has 0 spiro atoms. The van der Waals surface area contributed by atoms with Gasteiger partial charge >= 0.3 is 0 Å². The third-order valence-corrected chi connectivity index (χ3v) is 4.01. The second kappa shape index (κ2) is 9.80. The molecule has 0 saturated carbocycles. The first-order valence-electron chi connectivity index (χ1n) is 8.11. The molecule has 1 saturated heterocycles. The Morgan fingerprint density at radius 1 is 1.06 bits per heavy atom. The summed E-state index contributed by atoms with van der Waals surface area (Å²) < 4.78 is 0. The summed E-state index contributed by atoms with van der Waals surface area (Å²) in [7, 11) is 0. The van der Waals surface area contributed by atoms with E-state index in [1.165, 1.54) is 71.2 Å². The largest absolute Gasteiger partial charge is 0.316 e. The van der Waals surface area contributed by atoms with E-state index in [0.29, 0.717) is 0 Å². The first kappa shape index (κ1) is 16.0. The molecule has 0 aromatic carbocycles. The number of likely N-dealkylation sites (tertiary alicyclic amines) is 1. The summed E-state index contributed by atoms with van der Waals surface area (Å²) in [5, 5.41) is 3.52. The summed E-state index contributed by atoms with van der Waals surface area (Å²) in [4.78, 5) is 2.66. The van der Waals surface area contributed by atoms with E-state index in [4.69, 9.17) is 0 Å². The van der Waals surface area contributed by atoms with E-state index in [2.05, 4.69) is 31.0 Å². The minimum atomic E-state index is 0.784. The molecule has 18 heavy (non-hydrogen) atoms. The summed E-state index contributed by atoms with van der Waals surface area (Å²) in [5.41, 5.74) is 0. The number of hydrogen-bond donors (Lipinski definition) is 1. The smallest absolute Gasteiger partial charge is 0.00162 e. The van der Waals surface area contributed by atoms with Crippen molar-refractivity contribution in [1.82, 2.24) is 10.2 Å². The lowest BCUT2D eigenvalue weighted by Crippen LogP contribution is -2.33. The second-order valence-corrected chi connectivity index (χ2v) is 6.54. The number of hydrogen-bond acceptors (Lipinski definition) is 2. The highest BCUT2D eigenvalue weighted by molar-refractivity contribution is 4.69. The lowest BCUT2D eigenvalue weighted by molar-refractivity contribution is 0.189. The Morgan fingerprint density at radius 2 is 1.72 bits per heavy atom. The van der Waals surface area contributed by atoms with Gasteiger partial charge in [0.25, 0.3) is 0 Å². The van der Waals surface area contributed by atoms with Gasteiger partial charge < -0.3 is 10.2 Å². The van der Waals surface area contributed by atoms with E-state index < -0.39 is 0 Å². The van der Waals surface area contributed by atoms with Crippen LogP contribution in [0.3, 0.4) is 0 Å². The van der Waals surface area contributed by atoms with Crippen LogP contribution in [0.25, 0.3) is 0 Å². The average molecular weight is 254 g/mol. The summed E-state index contributed by atoms with van der Waals surface area (Å²) in [5.74, 6) is 1.75. The fourth-order valence-corrected chi connectivity index (χ4v) is 2.62. The quantitative estimate of drug-likeness (QED) is 0.633. The number of unbranched alkanes of at least 4 members (excludes halogenated alkanes) is 3. The van der Waals surface area contributed by atoms with Gasteiger partial charge in [-0.15, -0.1) is 0 Å². The zero-order valence-corrected chi connectivity index (χ0v) is 12.9. The van der Waals surface area contributed by atoms with Crippen molar-refractivity contribution in [3.63, 3.8) is 0 Å². The van der Waals surface area contributed by atoms with Gasteiger partial charge in [-0.25, -0.2) is 0 Å². The maximum absolute atomic E-state index is 3.52. The molecule has 0 aliphatic carbocycles. The van der Waals surface area contributed by atoms with E-state index in [-0.39, 0.29) is 0 Å². The molecule has 1 heterocycles. The molecule has 1 fully saturated rings. The molecular weight excluding hydrogens is 220 g/mol. The summed E-state index contributed by atoms with van der Waals surface area (Å²) in [6.45, 7) is 13.3. The Hall–Kier alpha value is -0.0800. The van der Waals surface area contributed by atoms with E-state index in [9.17, 15) is 0 Å². The van der Waals surface area contributed by atoms with Crippen molar-refractivity contribution in [2.75, 3.05) is 32.7 Å². The fourth-order valence-electron chi connectivity index (χ4n) is 2.62. The predicted molar refractivity (Wildman–Crippen MR) is 81.0 cm³/mol. The van der Waals surface area contributed by atoms with Crippen LogP contribution in [0.1, 0.15) is 59.3 Å². The van der Waals surface area contributed by atoms with E-state index in [1.54, 1.807) is 0 Å². The molecule has 0 aromatic heterocycles. The minimum Gasteiger partial charge on any atom is -0.316 e. The van der Waals surface area contributed by atoms with Gasteiger partial charge in [0, 0.05) is 0 Å². The summed E-state index contributed by atoms with van der Waals surface area (Å²) in [6.07, 6.45) is 8.39. The van der Waals surface area contributed by atoms with Crippen molar-refractivity contribution >= 4 is 0 Å². The normalized spacial score (nSPS) is 18.7. The number of piperidine rings is 1. The first-order chi connectivity index (χ1) is 8.68. The Bertz CT molecular complexity index is 184. The minimum absolute atomic E-state index is 0.784. The molecule has 0 radical (unpaired) electrons. The first-order valence-corrected chi connectivity index (χ1v) is 8.11. The molecule has 2 heteroatoms. The van der Waals surface area contributed by atoms with Gasteiger partial charge in [-0.2, -0.15) is 0 Å². The number of nitrogens with zero attached hydrogens (tertiary/aromatic N) is 1. The molecule has 1 aliphatic rings. The van der Waals surface area contributed by atoms with Crippen molar-refractivity contribution in [3.05, 3.63) is 0 Å². The van der Waals surface area contributed by atoms with Crippen LogP contribution < -0.4 is 5.32 Å². The van der Waals surface area contributed by atoms with Crippen LogP contribution in [-0.2, 0) is 0 Å². The van der Waals surface area contributed by atoms with Crippen molar-refractivity contribution < 1.29 is 0 Å². The molecule has 1 aliphatic heterocycles. The maximum atomic E-state index is 3.52. The highest BCUT2D eigenvalue weighted by Crippen LogP contribution is 2.16. The summed E-state index contributed by atoms with van der Waals surface area (Å²) >= 11 is 0. The molecule has 0 atom stereocenters. The van der Waals surface area contributed by atoms with Crippen LogP contribution in [0.4, 0.5) is 0 Å². The van der Waals surface area contributed by atoms with Gasteiger partial charge in [0.2, 0.25) is 0 Å². The number of nitrogens with one attached hydrogen (secondary N) is 1. The standard InChI is InChI=1S/C16H34N2/c1-15(2)14-17-10-6-4-5-7-11-18-12-8-16(3)9-13-18/h15-17H,4-14H2,1-3H3. The topological polar surface area (TPSA) is 15.3 Å². The molecule has 1 rings (SSSR count). The van der Waals surface area contributed by atoms with Crippen molar-refractivity contribution in [3.8, 4) is 0 Å². The van der Waals surface area contributed by atoms with Crippen molar-refractivity contribution in [2.24, 2.45) is 11.8 Å². The Labute approximate surface area is 115 Å². The van der Waals surface area contributed by atoms with Crippen LogP contribution in [-0.4, -0.2) is 37.6 Å². The molecule has 0 amide bonds. The monoisotopic (exact) mass is 254 g/mol. The molecule has 0 bridgehead atoms.